The average Bonchev–Trinajstić information content (AvgIpc) is 2.71. The molecule has 1 aromatic carbocycles. The highest BCUT2D eigenvalue weighted by molar-refractivity contribution is 5.95. The Hall–Kier alpha value is -1.31. The molecule has 0 amide bonds. The molecule has 0 saturated carbocycles. The van der Waals surface area contributed by atoms with Gasteiger partial charge in [0.15, 0.2) is 0 Å². The summed E-state index contributed by atoms with van der Waals surface area (Å²) in [6.45, 7) is 3.67. The summed E-state index contributed by atoms with van der Waals surface area (Å²) in [5.41, 5.74) is 2.44. The van der Waals surface area contributed by atoms with Crippen LogP contribution < -0.4 is 0 Å². The molecule has 0 spiro atoms. The zero-order valence-corrected chi connectivity index (χ0v) is 7.79. The fourth-order valence-corrected chi connectivity index (χ4v) is 1.43. The molecule has 0 atom stereocenters. The molecule has 0 saturated heterocycles. The van der Waals surface area contributed by atoms with Gasteiger partial charge in [-0.25, -0.2) is 4.99 Å². The van der Waals surface area contributed by atoms with E-state index in [0.717, 1.165) is 31.0 Å². The Kier molecular flexibility index (Phi) is 2.30. The van der Waals surface area contributed by atoms with E-state index < -0.39 is 0 Å². The Balaban J connectivity index is 2.29. The first-order valence-electron chi connectivity index (χ1n) is 4.66. The van der Waals surface area contributed by atoms with Gasteiger partial charge in [0, 0.05) is 5.56 Å². The summed E-state index contributed by atoms with van der Waals surface area (Å²) in [5, 5.41) is 0. The molecule has 1 aliphatic rings. The van der Waals surface area contributed by atoms with Crippen LogP contribution in [0.1, 0.15) is 18.1 Å². The van der Waals surface area contributed by atoms with Crippen molar-refractivity contribution in [3.8, 4) is 0 Å². The van der Waals surface area contributed by atoms with Crippen molar-refractivity contribution in [1.29, 1.82) is 0 Å². The first-order chi connectivity index (χ1) is 6.40. The highest BCUT2D eigenvalue weighted by atomic mass is 16.5. The summed E-state index contributed by atoms with van der Waals surface area (Å²) < 4.78 is 5.39. The van der Waals surface area contributed by atoms with E-state index in [1.54, 1.807) is 0 Å². The second kappa shape index (κ2) is 3.60. The van der Waals surface area contributed by atoms with Crippen LogP contribution in [0.15, 0.2) is 29.3 Å². The van der Waals surface area contributed by atoms with Gasteiger partial charge in [0.25, 0.3) is 0 Å². The second-order valence-electron chi connectivity index (χ2n) is 3.09. The lowest BCUT2D eigenvalue weighted by molar-refractivity contribution is 0.348. The number of nitrogens with zero attached hydrogens (tertiary/aromatic N) is 1. The van der Waals surface area contributed by atoms with Crippen molar-refractivity contribution in [3.63, 3.8) is 0 Å². The second-order valence-corrected chi connectivity index (χ2v) is 3.09. The minimum absolute atomic E-state index is 0.728. The number of rotatable bonds is 2. The summed E-state index contributed by atoms with van der Waals surface area (Å²) in [7, 11) is 0. The molecule has 0 aromatic heterocycles. The first kappa shape index (κ1) is 8.30. The number of hydrogen-bond acceptors (Lipinski definition) is 2. The zero-order valence-electron chi connectivity index (χ0n) is 7.79. The first-order valence-corrected chi connectivity index (χ1v) is 4.66. The van der Waals surface area contributed by atoms with Crippen LogP contribution in [0.5, 0.6) is 0 Å². The van der Waals surface area contributed by atoms with Gasteiger partial charge in [-0.2, -0.15) is 0 Å². The lowest BCUT2D eigenvalue weighted by atomic mass is 10.1. The summed E-state index contributed by atoms with van der Waals surface area (Å²) in [6, 6.07) is 8.37. The maximum atomic E-state index is 5.39. The molecule has 13 heavy (non-hydrogen) atoms. The standard InChI is InChI=1S/C11H13NO/c1-2-9-4-3-5-10(8-9)11-12-6-7-13-11/h3-5,8H,2,6-7H2,1H3. The van der Waals surface area contributed by atoms with Crippen molar-refractivity contribution < 1.29 is 4.74 Å². The van der Waals surface area contributed by atoms with E-state index in [9.17, 15) is 0 Å². The molecule has 0 unspecified atom stereocenters. The molecule has 0 bridgehead atoms. The molecule has 1 aliphatic heterocycles. The average molecular weight is 175 g/mol. The van der Waals surface area contributed by atoms with E-state index in [1.165, 1.54) is 5.56 Å². The topological polar surface area (TPSA) is 21.6 Å². The predicted octanol–water partition coefficient (Wildman–Crippen LogP) is 2.03. The highest BCUT2D eigenvalue weighted by Gasteiger charge is 2.09. The van der Waals surface area contributed by atoms with E-state index in [0.29, 0.717) is 0 Å². The van der Waals surface area contributed by atoms with E-state index in [2.05, 4.69) is 30.1 Å². The Morgan fingerprint density at radius 2 is 2.38 bits per heavy atom. The summed E-state index contributed by atoms with van der Waals surface area (Å²) >= 11 is 0. The van der Waals surface area contributed by atoms with Crippen LogP contribution in [0, 0.1) is 0 Å². The monoisotopic (exact) mass is 175 g/mol. The summed E-state index contributed by atoms with van der Waals surface area (Å²) in [4.78, 5) is 4.28. The largest absolute Gasteiger partial charge is 0.476 e. The Morgan fingerprint density at radius 1 is 1.46 bits per heavy atom. The zero-order chi connectivity index (χ0) is 9.10. The third-order valence-corrected chi connectivity index (χ3v) is 2.17. The van der Waals surface area contributed by atoms with Gasteiger partial charge in [-0.15, -0.1) is 0 Å². The third kappa shape index (κ3) is 1.72. The van der Waals surface area contributed by atoms with Crippen molar-refractivity contribution in [3.05, 3.63) is 35.4 Å². The van der Waals surface area contributed by atoms with Gasteiger partial charge in [0.05, 0.1) is 6.54 Å². The van der Waals surface area contributed by atoms with Crippen LogP contribution in [0.3, 0.4) is 0 Å². The van der Waals surface area contributed by atoms with Crippen molar-refractivity contribution in [2.75, 3.05) is 13.2 Å². The summed E-state index contributed by atoms with van der Waals surface area (Å²) in [5.74, 6) is 0.801. The normalized spacial score (nSPS) is 15.3. The molecule has 2 nitrogen and oxygen atoms in total. The summed E-state index contributed by atoms with van der Waals surface area (Å²) in [6.07, 6.45) is 1.06. The molecule has 1 heterocycles. The maximum Gasteiger partial charge on any atom is 0.216 e. The van der Waals surface area contributed by atoms with Crippen LogP contribution in [0.25, 0.3) is 0 Å². The van der Waals surface area contributed by atoms with Gasteiger partial charge in [0.1, 0.15) is 6.61 Å². The molecule has 0 fully saturated rings. The maximum absolute atomic E-state index is 5.39. The molecule has 68 valence electrons. The highest BCUT2D eigenvalue weighted by Crippen LogP contribution is 2.10. The van der Waals surface area contributed by atoms with Gasteiger partial charge in [-0.05, 0) is 24.1 Å². The minimum atomic E-state index is 0.728. The molecular formula is C11H13NO. The fraction of sp³-hybridized carbons (Fsp3) is 0.364. The lowest BCUT2D eigenvalue weighted by Gasteiger charge is -2.02. The van der Waals surface area contributed by atoms with Gasteiger partial charge < -0.3 is 4.74 Å². The lowest BCUT2D eigenvalue weighted by Crippen LogP contribution is -2.01. The molecule has 0 radical (unpaired) electrons. The van der Waals surface area contributed by atoms with Crippen molar-refractivity contribution >= 4 is 5.90 Å². The minimum Gasteiger partial charge on any atom is -0.476 e. The number of benzene rings is 1. The Labute approximate surface area is 78.3 Å². The van der Waals surface area contributed by atoms with E-state index >= 15 is 0 Å². The smallest absolute Gasteiger partial charge is 0.216 e. The molecule has 0 aliphatic carbocycles. The van der Waals surface area contributed by atoms with Crippen molar-refractivity contribution in [1.82, 2.24) is 0 Å². The number of ether oxygens (including phenoxy) is 1. The van der Waals surface area contributed by atoms with Gasteiger partial charge in [0.2, 0.25) is 5.90 Å². The van der Waals surface area contributed by atoms with E-state index in [-0.39, 0.29) is 0 Å². The molecule has 1 aromatic rings. The number of hydrogen-bond donors (Lipinski definition) is 0. The molecule has 2 heteroatoms. The van der Waals surface area contributed by atoms with Crippen LogP contribution in [0.4, 0.5) is 0 Å². The van der Waals surface area contributed by atoms with Crippen molar-refractivity contribution in [2.24, 2.45) is 4.99 Å². The number of aliphatic imine (C=N–C) groups is 1. The van der Waals surface area contributed by atoms with Crippen molar-refractivity contribution in [2.45, 2.75) is 13.3 Å². The van der Waals surface area contributed by atoms with E-state index in [1.807, 2.05) is 6.07 Å². The molecule has 0 N–H and O–H groups in total. The molecule has 2 rings (SSSR count). The third-order valence-electron chi connectivity index (χ3n) is 2.17. The van der Waals surface area contributed by atoms with Gasteiger partial charge in [-0.3, -0.25) is 0 Å². The van der Waals surface area contributed by atoms with Gasteiger partial charge in [-0.1, -0.05) is 19.1 Å². The quantitative estimate of drug-likeness (QED) is 0.674. The van der Waals surface area contributed by atoms with Crippen LogP contribution in [-0.4, -0.2) is 19.0 Å². The Bertz CT molecular complexity index is 331. The Morgan fingerprint density at radius 3 is 3.08 bits per heavy atom. The molecular weight excluding hydrogens is 162 g/mol. The van der Waals surface area contributed by atoms with E-state index in [4.69, 9.17) is 4.74 Å². The van der Waals surface area contributed by atoms with Gasteiger partial charge >= 0.3 is 0 Å². The SMILES string of the molecule is CCc1cccc(C2=NCCO2)c1. The van der Waals surface area contributed by atoms with Crippen LogP contribution in [0.2, 0.25) is 0 Å². The van der Waals surface area contributed by atoms with Crippen LogP contribution in [-0.2, 0) is 11.2 Å². The predicted molar refractivity (Wildman–Crippen MR) is 53.2 cm³/mol. The number of aryl methyl sites for hydroxylation is 1. The van der Waals surface area contributed by atoms with Crippen LogP contribution >= 0.6 is 0 Å². The fourth-order valence-electron chi connectivity index (χ4n) is 1.43.